The lowest BCUT2D eigenvalue weighted by atomic mass is 10.1. The maximum absolute atomic E-state index is 12.4. The fourth-order valence-corrected chi connectivity index (χ4v) is 3.92. The van der Waals surface area contributed by atoms with Gasteiger partial charge in [-0.2, -0.15) is 5.26 Å². The maximum Gasteiger partial charge on any atom is 0.205 e. The molecule has 0 fully saturated rings. The van der Waals surface area contributed by atoms with Crippen molar-refractivity contribution in [2.75, 3.05) is 12.0 Å². The van der Waals surface area contributed by atoms with Crippen LogP contribution in [0, 0.1) is 11.3 Å². The van der Waals surface area contributed by atoms with Gasteiger partial charge in [0.2, 0.25) is 5.78 Å². The van der Waals surface area contributed by atoms with Crippen LogP contribution in [-0.4, -0.2) is 16.2 Å². The number of nitrogens with zero attached hydrogens (tertiary/aromatic N) is 1. The molecule has 1 aromatic heterocycles. The minimum absolute atomic E-state index is 0.107. The van der Waals surface area contributed by atoms with Crippen molar-refractivity contribution in [3.05, 3.63) is 44.7 Å². The first-order valence-corrected chi connectivity index (χ1v) is 8.58. The zero-order valence-electron chi connectivity index (χ0n) is 10.3. The third-order valence-corrected chi connectivity index (χ3v) is 5.81. The highest BCUT2D eigenvalue weighted by Gasteiger charge is 2.23. The van der Waals surface area contributed by atoms with Gasteiger partial charge < -0.3 is 5.73 Å². The summed E-state index contributed by atoms with van der Waals surface area (Å²) in [5.74, 6) is -0.270. The molecule has 1 unspecified atom stereocenters. The van der Waals surface area contributed by atoms with Gasteiger partial charge in [0.25, 0.3) is 0 Å². The van der Waals surface area contributed by atoms with Crippen molar-refractivity contribution in [3.63, 3.8) is 0 Å². The van der Waals surface area contributed by atoms with Gasteiger partial charge in [0.15, 0.2) is 0 Å². The summed E-state index contributed by atoms with van der Waals surface area (Å²) in [5, 5.41) is 9.07. The summed E-state index contributed by atoms with van der Waals surface area (Å²) < 4.78 is 12.8. The Morgan fingerprint density at radius 2 is 2.00 bits per heavy atom. The zero-order valence-corrected chi connectivity index (χ0v) is 13.6. The molecule has 1 atom stereocenters. The van der Waals surface area contributed by atoms with E-state index in [9.17, 15) is 9.00 Å². The Morgan fingerprint density at radius 3 is 2.45 bits per heavy atom. The second kappa shape index (κ2) is 5.87. The molecule has 7 heteroatoms. The van der Waals surface area contributed by atoms with Gasteiger partial charge in [-0.05, 0) is 24.3 Å². The van der Waals surface area contributed by atoms with E-state index in [0.717, 1.165) is 15.8 Å². The van der Waals surface area contributed by atoms with Gasteiger partial charge in [0.1, 0.15) is 20.7 Å². The van der Waals surface area contributed by atoms with Crippen LogP contribution in [0.15, 0.2) is 32.9 Å². The van der Waals surface area contributed by atoms with Crippen molar-refractivity contribution in [1.29, 1.82) is 5.26 Å². The summed E-state index contributed by atoms with van der Waals surface area (Å²) in [6, 6.07) is 8.75. The highest BCUT2D eigenvalue weighted by atomic mass is 79.9. The van der Waals surface area contributed by atoms with Gasteiger partial charge in [-0.25, -0.2) is 0 Å². The van der Waals surface area contributed by atoms with Crippen molar-refractivity contribution in [2.24, 2.45) is 0 Å². The Kier molecular flexibility index (Phi) is 4.38. The molecule has 0 aliphatic heterocycles. The fraction of sp³-hybridized carbons (Fsp3) is 0.0769. The molecule has 0 saturated heterocycles. The summed E-state index contributed by atoms with van der Waals surface area (Å²) in [7, 11) is -1.35. The number of hydrogen-bond acceptors (Lipinski definition) is 5. The van der Waals surface area contributed by atoms with Crippen LogP contribution in [0.4, 0.5) is 5.69 Å². The number of nitrogen functional groups attached to an aromatic ring is 1. The highest BCUT2D eigenvalue weighted by molar-refractivity contribution is 9.10. The molecule has 0 aliphatic carbocycles. The molecule has 102 valence electrons. The number of anilines is 1. The van der Waals surface area contributed by atoms with E-state index in [4.69, 9.17) is 11.0 Å². The van der Waals surface area contributed by atoms with Gasteiger partial charge in [-0.3, -0.25) is 9.00 Å². The number of halogens is 1. The summed E-state index contributed by atoms with van der Waals surface area (Å²) in [6.45, 7) is 0. The first-order chi connectivity index (χ1) is 9.45. The SMILES string of the molecule is CS(=O)c1sc(C(=O)c2ccc(Br)cc2)c(N)c1C#N. The molecule has 0 saturated carbocycles. The predicted molar refractivity (Wildman–Crippen MR) is 83.4 cm³/mol. The number of carbonyl (C=O) groups excluding carboxylic acids is 1. The lowest BCUT2D eigenvalue weighted by Gasteiger charge is -2.00. The van der Waals surface area contributed by atoms with E-state index in [1.54, 1.807) is 24.3 Å². The number of hydrogen-bond donors (Lipinski definition) is 1. The molecule has 2 rings (SSSR count). The number of nitrogens with two attached hydrogens (primary N) is 1. The second-order valence-corrected chi connectivity index (χ2v) is 7.42. The van der Waals surface area contributed by atoms with Crippen molar-refractivity contribution in [3.8, 4) is 6.07 Å². The second-order valence-electron chi connectivity index (χ2n) is 3.91. The van der Waals surface area contributed by atoms with E-state index in [2.05, 4.69) is 15.9 Å². The number of benzene rings is 1. The van der Waals surface area contributed by atoms with Crippen molar-refractivity contribution >= 4 is 49.5 Å². The van der Waals surface area contributed by atoms with Crippen LogP contribution in [0.25, 0.3) is 0 Å². The maximum atomic E-state index is 12.4. The standard InChI is InChI=1S/C13H9BrN2O2S2/c1-20(18)13-9(6-15)10(16)12(19-13)11(17)7-2-4-8(14)5-3-7/h2-5H,16H2,1H3. The summed E-state index contributed by atoms with van der Waals surface area (Å²) >= 11 is 4.31. The number of rotatable bonds is 3. The first-order valence-electron chi connectivity index (χ1n) is 5.41. The molecule has 0 aliphatic rings. The quantitative estimate of drug-likeness (QED) is 0.844. The lowest BCUT2D eigenvalue weighted by Crippen LogP contribution is -2.02. The smallest absolute Gasteiger partial charge is 0.205 e. The van der Waals surface area contributed by atoms with Crippen LogP contribution < -0.4 is 5.73 Å². The Bertz CT molecular complexity index is 745. The van der Waals surface area contributed by atoms with Gasteiger partial charge >= 0.3 is 0 Å². The molecule has 0 amide bonds. The summed E-state index contributed by atoms with van der Waals surface area (Å²) in [5.41, 5.74) is 6.56. The number of nitriles is 1. The van der Waals surface area contributed by atoms with Crippen LogP contribution in [0.3, 0.4) is 0 Å². The average molecular weight is 369 g/mol. The third-order valence-electron chi connectivity index (χ3n) is 2.60. The van der Waals surface area contributed by atoms with Crippen LogP contribution in [0.2, 0.25) is 0 Å². The van der Waals surface area contributed by atoms with E-state index in [1.165, 1.54) is 6.26 Å². The molecular formula is C13H9BrN2O2S2. The molecule has 0 radical (unpaired) electrons. The van der Waals surface area contributed by atoms with Crippen LogP contribution >= 0.6 is 27.3 Å². The lowest BCUT2D eigenvalue weighted by molar-refractivity contribution is 0.104. The van der Waals surface area contributed by atoms with Crippen molar-refractivity contribution in [2.45, 2.75) is 4.21 Å². The van der Waals surface area contributed by atoms with Gasteiger partial charge in [-0.1, -0.05) is 15.9 Å². The first kappa shape index (κ1) is 14.9. The van der Waals surface area contributed by atoms with Crippen LogP contribution in [0.1, 0.15) is 20.8 Å². The van der Waals surface area contributed by atoms with Crippen LogP contribution in [-0.2, 0) is 10.8 Å². The molecule has 1 heterocycles. The minimum atomic E-state index is -1.35. The molecule has 4 nitrogen and oxygen atoms in total. The van der Waals surface area contributed by atoms with E-state index < -0.39 is 10.8 Å². The van der Waals surface area contributed by atoms with Gasteiger partial charge in [0, 0.05) is 16.3 Å². The predicted octanol–water partition coefficient (Wildman–Crippen LogP) is 2.93. The fourth-order valence-electron chi connectivity index (χ4n) is 1.63. The number of thiophene rings is 1. The Labute approximate surface area is 130 Å². The zero-order chi connectivity index (χ0) is 14.9. The molecule has 0 bridgehead atoms. The summed E-state index contributed by atoms with van der Waals surface area (Å²) in [6.07, 6.45) is 1.46. The van der Waals surface area contributed by atoms with Gasteiger partial charge in [-0.15, -0.1) is 11.3 Å². The van der Waals surface area contributed by atoms with E-state index in [0.29, 0.717) is 9.77 Å². The number of carbonyl (C=O) groups is 1. The molecule has 1 aromatic carbocycles. The highest BCUT2D eigenvalue weighted by Crippen LogP contribution is 2.34. The Balaban J connectivity index is 2.54. The molecule has 2 aromatic rings. The number of ketones is 1. The van der Waals surface area contributed by atoms with Crippen LogP contribution in [0.5, 0.6) is 0 Å². The molecule has 2 N–H and O–H groups in total. The van der Waals surface area contributed by atoms with Gasteiger partial charge in [0.05, 0.1) is 16.5 Å². The van der Waals surface area contributed by atoms with Crippen molar-refractivity contribution < 1.29 is 9.00 Å². The Morgan fingerprint density at radius 1 is 1.40 bits per heavy atom. The Hall–Kier alpha value is -1.49. The van der Waals surface area contributed by atoms with Crippen molar-refractivity contribution in [1.82, 2.24) is 0 Å². The van der Waals surface area contributed by atoms with E-state index in [1.807, 2.05) is 6.07 Å². The molecule has 20 heavy (non-hydrogen) atoms. The monoisotopic (exact) mass is 368 g/mol. The molecular weight excluding hydrogens is 360 g/mol. The minimum Gasteiger partial charge on any atom is -0.396 e. The van der Waals surface area contributed by atoms with E-state index in [-0.39, 0.29) is 21.9 Å². The topological polar surface area (TPSA) is 83.9 Å². The summed E-state index contributed by atoms with van der Waals surface area (Å²) in [4.78, 5) is 12.6. The normalized spacial score (nSPS) is 11.8. The average Bonchev–Trinajstić information content (AvgIpc) is 2.76. The third kappa shape index (κ3) is 2.68. The molecule has 0 spiro atoms. The largest absolute Gasteiger partial charge is 0.396 e. The van der Waals surface area contributed by atoms with E-state index >= 15 is 0 Å².